The number of amides is 1. The van der Waals surface area contributed by atoms with Crippen molar-refractivity contribution >= 4 is 40.2 Å². The number of carbonyl (C=O) groups is 2. The van der Waals surface area contributed by atoms with Crippen molar-refractivity contribution in [1.82, 2.24) is 0 Å². The van der Waals surface area contributed by atoms with Crippen LogP contribution in [0.15, 0.2) is 28.7 Å². The molecule has 1 amide bonds. The van der Waals surface area contributed by atoms with E-state index in [0.717, 1.165) is 3.57 Å². The number of aryl methyl sites for hydroxylation is 1. The number of hydrogen-bond acceptors (Lipinski definition) is 4. The van der Waals surface area contributed by atoms with Gasteiger partial charge in [0.1, 0.15) is 17.4 Å². The monoisotopic (exact) mass is 394 g/mol. The van der Waals surface area contributed by atoms with E-state index >= 15 is 0 Å². The maximum Gasteiger partial charge on any atom is 0.259 e. The van der Waals surface area contributed by atoms with Gasteiger partial charge >= 0.3 is 0 Å². The molecular formula is C15H11IN2O3. The van der Waals surface area contributed by atoms with E-state index in [-0.39, 0.29) is 28.7 Å². The molecule has 0 bridgehead atoms. The molecule has 6 heteroatoms. The fourth-order valence-corrected chi connectivity index (χ4v) is 2.61. The first kappa shape index (κ1) is 15.3. The van der Waals surface area contributed by atoms with Gasteiger partial charge in [-0.05, 0) is 48.6 Å². The van der Waals surface area contributed by atoms with Gasteiger partial charge in [-0.2, -0.15) is 5.26 Å². The molecule has 0 spiro atoms. The van der Waals surface area contributed by atoms with Gasteiger partial charge in [0.2, 0.25) is 5.88 Å². The second-order valence-electron chi connectivity index (χ2n) is 4.34. The summed E-state index contributed by atoms with van der Waals surface area (Å²) in [5.74, 6) is -0.343. The van der Waals surface area contributed by atoms with Gasteiger partial charge in [-0.25, -0.2) is 0 Å². The van der Waals surface area contributed by atoms with Crippen LogP contribution in [0.25, 0.3) is 0 Å². The van der Waals surface area contributed by atoms with Crippen molar-refractivity contribution in [2.45, 2.75) is 13.8 Å². The number of Topliss-reactive ketones (excluding diaryl/α,β-unsaturated/α-hetero) is 1. The number of anilines is 1. The van der Waals surface area contributed by atoms with Crippen molar-refractivity contribution in [2.75, 3.05) is 5.32 Å². The first-order valence-electron chi connectivity index (χ1n) is 6.06. The van der Waals surface area contributed by atoms with Gasteiger partial charge in [0.05, 0.1) is 11.1 Å². The maximum atomic E-state index is 12.2. The summed E-state index contributed by atoms with van der Waals surface area (Å²) in [7, 11) is 0. The summed E-state index contributed by atoms with van der Waals surface area (Å²) in [5, 5.41) is 11.7. The van der Waals surface area contributed by atoms with Crippen molar-refractivity contribution in [3.8, 4) is 6.07 Å². The number of nitriles is 1. The molecule has 21 heavy (non-hydrogen) atoms. The molecule has 1 N–H and O–H groups in total. The maximum absolute atomic E-state index is 12.2. The normalized spacial score (nSPS) is 10.0. The van der Waals surface area contributed by atoms with Gasteiger partial charge in [0.25, 0.3) is 5.91 Å². The number of rotatable bonds is 3. The average Bonchev–Trinajstić information content (AvgIpc) is 2.74. The first-order chi connectivity index (χ1) is 9.95. The highest BCUT2D eigenvalue weighted by atomic mass is 127. The number of nitrogens with zero attached hydrogens (tertiary/aromatic N) is 1. The molecule has 0 radical (unpaired) electrons. The van der Waals surface area contributed by atoms with Gasteiger partial charge in [0.15, 0.2) is 5.78 Å². The molecule has 2 rings (SSSR count). The predicted molar refractivity (Wildman–Crippen MR) is 85.3 cm³/mol. The number of furan rings is 1. The van der Waals surface area contributed by atoms with E-state index in [1.807, 2.05) is 34.7 Å². The number of carbonyl (C=O) groups excluding carboxylic acids is 2. The van der Waals surface area contributed by atoms with Crippen LogP contribution in [0.2, 0.25) is 0 Å². The van der Waals surface area contributed by atoms with Crippen molar-refractivity contribution in [1.29, 1.82) is 5.26 Å². The highest BCUT2D eigenvalue weighted by Crippen LogP contribution is 2.27. The Labute approximate surface area is 135 Å². The second kappa shape index (κ2) is 6.10. The molecule has 1 heterocycles. The molecule has 0 atom stereocenters. The summed E-state index contributed by atoms with van der Waals surface area (Å²) in [6.07, 6.45) is 0. The Kier molecular flexibility index (Phi) is 4.43. The lowest BCUT2D eigenvalue weighted by Crippen LogP contribution is -2.13. The molecule has 0 aliphatic rings. The molecule has 106 valence electrons. The Morgan fingerprint density at radius 3 is 2.57 bits per heavy atom. The summed E-state index contributed by atoms with van der Waals surface area (Å²) in [5.41, 5.74) is 0.732. The van der Waals surface area contributed by atoms with Gasteiger partial charge < -0.3 is 4.42 Å². The number of nitrogens with one attached hydrogen (secondary N) is 1. The average molecular weight is 394 g/mol. The standard InChI is InChI=1S/C15H11IN2O3/c1-8(19)13-9(2)21-15(11(13)7-17)18-14(20)10-5-3-4-6-12(10)16/h3-6H,1-2H3,(H,18,20). The van der Waals surface area contributed by atoms with Crippen molar-refractivity contribution in [3.63, 3.8) is 0 Å². The quantitative estimate of drug-likeness (QED) is 0.638. The van der Waals surface area contributed by atoms with E-state index in [1.165, 1.54) is 6.92 Å². The molecule has 0 fully saturated rings. The minimum atomic E-state index is -0.389. The van der Waals surface area contributed by atoms with Crippen LogP contribution in [0, 0.1) is 21.8 Å². The number of ketones is 1. The summed E-state index contributed by atoms with van der Waals surface area (Å²) in [6, 6.07) is 8.95. The Hall–Kier alpha value is -2.14. The lowest BCUT2D eigenvalue weighted by Gasteiger charge is -2.04. The van der Waals surface area contributed by atoms with Crippen molar-refractivity contribution in [3.05, 3.63) is 50.3 Å². The number of halogens is 1. The van der Waals surface area contributed by atoms with Crippen LogP contribution in [0.5, 0.6) is 0 Å². The number of benzene rings is 1. The minimum Gasteiger partial charge on any atom is -0.443 e. The Balaban J connectivity index is 2.40. The lowest BCUT2D eigenvalue weighted by molar-refractivity contribution is 0.101. The van der Waals surface area contributed by atoms with Crippen LogP contribution in [-0.4, -0.2) is 11.7 Å². The summed E-state index contributed by atoms with van der Waals surface area (Å²) in [6.45, 7) is 2.93. The third-order valence-corrected chi connectivity index (χ3v) is 3.83. The van der Waals surface area contributed by atoms with Crippen LogP contribution in [0.1, 0.15) is 39.0 Å². The van der Waals surface area contributed by atoms with Crippen LogP contribution in [0.3, 0.4) is 0 Å². The molecule has 2 aromatic rings. The predicted octanol–water partition coefficient (Wildman–Crippen LogP) is 3.52. The van der Waals surface area contributed by atoms with E-state index in [2.05, 4.69) is 5.32 Å². The zero-order chi connectivity index (χ0) is 15.6. The van der Waals surface area contributed by atoms with E-state index in [1.54, 1.807) is 25.1 Å². The SMILES string of the molecule is CC(=O)c1c(C)oc(NC(=O)c2ccccc2I)c1C#N. The zero-order valence-electron chi connectivity index (χ0n) is 11.4. The molecule has 1 aromatic carbocycles. The molecule has 1 aromatic heterocycles. The van der Waals surface area contributed by atoms with Crippen LogP contribution < -0.4 is 5.32 Å². The highest BCUT2D eigenvalue weighted by molar-refractivity contribution is 14.1. The van der Waals surface area contributed by atoms with Crippen molar-refractivity contribution < 1.29 is 14.0 Å². The van der Waals surface area contributed by atoms with Crippen molar-refractivity contribution in [2.24, 2.45) is 0 Å². The molecule has 5 nitrogen and oxygen atoms in total. The fourth-order valence-electron chi connectivity index (χ4n) is 1.98. The van der Waals surface area contributed by atoms with Crippen LogP contribution in [-0.2, 0) is 0 Å². The Morgan fingerprint density at radius 2 is 2.00 bits per heavy atom. The zero-order valence-corrected chi connectivity index (χ0v) is 13.5. The van der Waals surface area contributed by atoms with E-state index in [0.29, 0.717) is 11.3 Å². The van der Waals surface area contributed by atoms with E-state index in [9.17, 15) is 14.9 Å². The summed E-state index contributed by atoms with van der Waals surface area (Å²) in [4.78, 5) is 23.8. The highest BCUT2D eigenvalue weighted by Gasteiger charge is 2.23. The molecule has 0 aliphatic heterocycles. The summed E-state index contributed by atoms with van der Waals surface area (Å²) < 4.78 is 6.13. The Bertz CT molecular complexity index is 772. The summed E-state index contributed by atoms with van der Waals surface area (Å²) >= 11 is 2.05. The van der Waals surface area contributed by atoms with E-state index < -0.39 is 0 Å². The van der Waals surface area contributed by atoms with Gasteiger partial charge in [-0.3, -0.25) is 14.9 Å². The van der Waals surface area contributed by atoms with Crippen LogP contribution >= 0.6 is 22.6 Å². The topological polar surface area (TPSA) is 83.1 Å². The molecule has 0 unspecified atom stereocenters. The fraction of sp³-hybridized carbons (Fsp3) is 0.133. The number of hydrogen-bond donors (Lipinski definition) is 1. The Morgan fingerprint density at radius 1 is 1.33 bits per heavy atom. The smallest absolute Gasteiger partial charge is 0.259 e. The van der Waals surface area contributed by atoms with Crippen LogP contribution in [0.4, 0.5) is 5.88 Å². The molecule has 0 saturated heterocycles. The minimum absolute atomic E-state index is 0.00449. The lowest BCUT2D eigenvalue weighted by atomic mass is 10.1. The molecule has 0 aliphatic carbocycles. The van der Waals surface area contributed by atoms with E-state index in [4.69, 9.17) is 4.42 Å². The third-order valence-electron chi connectivity index (χ3n) is 2.89. The first-order valence-corrected chi connectivity index (χ1v) is 7.14. The molecular weight excluding hydrogens is 383 g/mol. The second-order valence-corrected chi connectivity index (χ2v) is 5.50. The third kappa shape index (κ3) is 2.97. The van der Waals surface area contributed by atoms with Gasteiger partial charge in [-0.1, -0.05) is 12.1 Å². The van der Waals surface area contributed by atoms with Gasteiger partial charge in [-0.15, -0.1) is 0 Å². The van der Waals surface area contributed by atoms with Gasteiger partial charge in [0, 0.05) is 3.57 Å². The largest absolute Gasteiger partial charge is 0.443 e. The molecule has 0 saturated carbocycles.